The average molecular weight is 229 g/mol. The largest absolute Gasteiger partial charge is 0.383 e. The first-order valence-electron chi connectivity index (χ1n) is 6.17. The molecule has 2 heterocycles. The van der Waals surface area contributed by atoms with E-state index in [1.54, 1.807) is 7.11 Å². The minimum atomic E-state index is 0.00571. The fraction of sp³-hybridized carbons (Fsp3) is 1.00. The average Bonchev–Trinajstić information content (AvgIpc) is 2.74. The molecule has 0 radical (unpaired) electrons. The van der Waals surface area contributed by atoms with E-state index >= 15 is 0 Å². The number of rotatable bonds is 4. The maximum Gasteiger partial charge on any atom is 0.0939 e. The molecule has 1 N–H and O–H groups in total. The molecule has 0 amide bonds. The van der Waals surface area contributed by atoms with Crippen LogP contribution in [0.5, 0.6) is 0 Å². The number of nitrogens with one attached hydrogen (secondary N) is 1. The zero-order valence-electron chi connectivity index (χ0n) is 10.3. The van der Waals surface area contributed by atoms with E-state index in [-0.39, 0.29) is 5.60 Å². The highest BCUT2D eigenvalue weighted by atomic mass is 16.6. The maximum atomic E-state index is 5.94. The van der Waals surface area contributed by atoms with Crippen LogP contribution in [0.25, 0.3) is 0 Å². The topological polar surface area (TPSA) is 39.7 Å². The highest BCUT2D eigenvalue weighted by Crippen LogP contribution is 2.37. The molecule has 3 atom stereocenters. The van der Waals surface area contributed by atoms with E-state index in [4.69, 9.17) is 14.2 Å². The van der Waals surface area contributed by atoms with Gasteiger partial charge in [0.1, 0.15) is 0 Å². The SMILES string of the molecule is CNC(COC)C1CCOC2(CCOC2)C1. The molecule has 0 aromatic heterocycles. The van der Waals surface area contributed by atoms with Crippen LogP contribution in [0.2, 0.25) is 0 Å². The Morgan fingerprint density at radius 1 is 1.50 bits per heavy atom. The molecule has 16 heavy (non-hydrogen) atoms. The molecular weight excluding hydrogens is 206 g/mol. The predicted octanol–water partition coefficient (Wildman–Crippen LogP) is 0.806. The summed E-state index contributed by atoms with van der Waals surface area (Å²) in [4.78, 5) is 0. The lowest BCUT2D eigenvalue weighted by atomic mass is 9.81. The van der Waals surface area contributed by atoms with Crippen LogP contribution in [0.1, 0.15) is 19.3 Å². The van der Waals surface area contributed by atoms with Crippen molar-refractivity contribution in [1.29, 1.82) is 0 Å². The van der Waals surface area contributed by atoms with E-state index in [1.807, 2.05) is 7.05 Å². The van der Waals surface area contributed by atoms with Crippen molar-refractivity contribution in [2.24, 2.45) is 5.92 Å². The van der Waals surface area contributed by atoms with E-state index in [9.17, 15) is 0 Å². The number of hydrogen-bond donors (Lipinski definition) is 1. The first-order valence-corrected chi connectivity index (χ1v) is 6.17. The Hall–Kier alpha value is -0.160. The lowest BCUT2D eigenvalue weighted by molar-refractivity contribution is -0.105. The summed E-state index contributed by atoms with van der Waals surface area (Å²) in [7, 11) is 3.77. The van der Waals surface area contributed by atoms with Gasteiger partial charge in [-0.25, -0.2) is 0 Å². The van der Waals surface area contributed by atoms with Crippen LogP contribution in [0.4, 0.5) is 0 Å². The number of likely N-dealkylation sites (N-methyl/N-ethyl adjacent to an activating group) is 1. The van der Waals surface area contributed by atoms with Crippen molar-refractivity contribution in [2.75, 3.05) is 40.6 Å². The normalized spacial score (nSPS) is 36.8. The summed E-state index contributed by atoms with van der Waals surface area (Å²) in [5, 5.41) is 3.36. The van der Waals surface area contributed by atoms with Gasteiger partial charge in [-0.2, -0.15) is 0 Å². The van der Waals surface area contributed by atoms with Crippen molar-refractivity contribution >= 4 is 0 Å². The minimum Gasteiger partial charge on any atom is -0.383 e. The van der Waals surface area contributed by atoms with Crippen molar-refractivity contribution in [2.45, 2.75) is 30.9 Å². The molecule has 2 aliphatic heterocycles. The molecule has 0 aliphatic carbocycles. The Morgan fingerprint density at radius 2 is 2.38 bits per heavy atom. The lowest BCUT2D eigenvalue weighted by Gasteiger charge is -2.40. The molecule has 2 rings (SSSR count). The molecule has 0 saturated carbocycles. The number of ether oxygens (including phenoxy) is 3. The molecule has 0 bridgehead atoms. The highest BCUT2D eigenvalue weighted by molar-refractivity contribution is 4.93. The molecule has 2 aliphatic rings. The van der Waals surface area contributed by atoms with Crippen LogP contribution in [0.3, 0.4) is 0 Å². The molecule has 2 saturated heterocycles. The quantitative estimate of drug-likeness (QED) is 0.774. The van der Waals surface area contributed by atoms with Crippen molar-refractivity contribution in [3.63, 3.8) is 0 Å². The molecule has 2 fully saturated rings. The van der Waals surface area contributed by atoms with Gasteiger partial charge < -0.3 is 19.5 Å². The smallest absolute Gasteiger partial charge is 0.0939 e. The molecule has 94 valence electrons. The van der Waals surface area contributed by atoms with E-state index in [2.05, 4.69) is 5.32 Å². The van der Waals surface area contributed by atoms with Gasteiger partial charge in [0.05, 0.1) is 18.8 Å². The molecule has 4 heteroatoms. The van der Waals surface area contributed by atoms with Crippen molar-refractivity contribution in [1.82, 2.24) is 5.32 Å². The number of methoxy groups -OCH3 is 1. The standard InChI is InChI=1S/C12H23NO3/c1-13-11(8-14-2)10-3-5-16-12(7-10)4-6-15-9-12/h10-11,13H,3-9H2,1-2H3. The van der Waals surface area contributed by atoms with Crippen molar-refractivity contribution in [3.05, 3.63) is 0 Å². The van der Waals surface area contributed by atoms with E-state index in [1.165, 1.54) is 0 Å². The molecule has 3 unspecified atom stereocenters. The fourth-order valence-electron chi connectivity index (χ4n) is 2.91. The second-order valence-corrected chi connectivity index (χ2v) is 4.94. The van der Waals surface area contributed by atoms with Gasteiger partial charge in [0.2, 0.25) is 0 Å². The van der Waals surface area contributed by atoms with Gasteiger partial charge in [-0.05, 0) is 25.8 Å². The van der Waals surface area contributed by atoms with E-state index in [0.717, 1.165) is 45.7 Å². The van der Waals surface area contributed by atoms with Crippen molar-refractivity contribution in [3.8, 4) is 0 Å². The summed E-state index contributed by atoms with van der Waals surface area (Å²) < 4.78 is 16.7. The Labute approximate surface area is 97.6 Å². The van der Waals surface area contributed by atoms with Gasteiger partial charge in [-0.1, -0.05) is 0 Å². The molecule has 4 nitrogen and oxygen atoms in total. The Bertz CT molecular complexity index is 216. The number of hydrogen-bond acceptors (Lipinski definition) is 4. The lowest BCUT2D eigenvalue weighted by Crippen LogP contribution is -2.48. The second-order valence-electron chi connectivity index (χ2n) is 4.94. The third kappa shape index (κ3) is 2.56. The summed E-state index contributed by atoms with van der Waals surface area (Å²) in [6, 6.07) is 0.436. The molecule has 1 spiro atoms. The van der Waals surface area contributed by atoms with Gasteiger partial charge in [-0.15, -0.1) is 0 Å². The van der Waals surface area contributed by atoms with E-state index in [0.29, 0.717) is 12.0 Å². The van der Waals surface area contributed by atoms with E-state index < -0.39 is 0 Å². The fourth-order valence-corrected chi connectivity index (χ4v) is 2.91. The van der Waals surface area contributed by atoms with Crippen LogP contribution in [-0.4, -0.2) is 52.2 Å². The molecule has 0 aromatic carbocycles. The van der Waals surface area contributed by atoms with Crippen LogP contribution < -0.4 is 5.32 Å². The Kier molecular flexibility index (Phi) is 4.19. The third-order valence-electron chi connectivity index (χ3n) is 3.88. The monoisotopic (exact) mass is 229 g/mol. The van der Waals surface area contributed by atoms with Crippen LogP contribution in [0.15, 0.2) is 0 Å². The van der Waals surface area contributed by atoms with Gasteiger partial charge >= 0.3 is 0 Å². The van der Waals surface area contributed by atoms with Crippen LogP contribution >= 0.6 is 0 Å². The predicted molar refractivity (Wildman–Crippen MR) is 61.6 cm³/mol. The zero-order valence-corrected chi connectivity index (χ0v) is 10.3. The van der Waals surface area contributed by atoms with Crippen molar-refractivity contribution < 1.29 is 14.2 Å². The van der Waals surface area contributed by atoms with Gasteiger partial charge in [-0.3, -0.25) is 0 Å². The summed E-state index contributed by atoms with van der Waals surface area (Å²) in [6.07, 6.45) is 3.27. The maximum absolute atomic E-state index is 5.94. The second kappa shape index (κ2) is 5.45. The minimum absolute atomic E-state index is 0.00571. The highest BCUT2D eigenvalue weighted by Gasteiger charge is 2.42. The Morgan fingerprint density at radius 3 is 3.00 bits per heavy atom. The summed E-state index contributed by atoms with van der Waals surface area (Å²) in [5.41, 5.74) is 0.00571. The first-order chi connectivity index (χ1) is 7.79. The van der Waals surface area contributed by atoms with Gasteiger partial charge in [0.25, 0.3) is 0 Å². The summed E-state index contributed by atoms with van der Waals surface area (Å²) >= 11 is 0. The van der Waals surface area contributed by atoms with Gasteiger partial charge in [0.15, 0.2) is 0 Å². The molecule has 0 aromatic rings. The Balaban J connectivity index is 1.94. The molecular formula is C12H23NO3. The van der Waals surface area contributed by atoms with Crippen LogP contribution in [-0.2, 0) is 14.2 Å². The van der Waals surface area contributed by atoms with Gasteiger partial charge in [0, 0.05) is 32.8 Å². The summed E-state index contributed by atoms with van der Waals surface area (Å²) in [6.45, 7) is 3.25. The summed E-state index contributed by atoms with van der Waals surface area (Å²) in [5.74, 6) is 0.639. The van der Waals surface area contributed by atoms with Crippen LogP contribution in [0, 0.1) is 5.92 Å². The first kappa shape index (κ1) is 12.3. The third-order valence-corrected chi connectivity index (χ3v) is 3.88. The zero-order chi connectivity index (χ0) is 11.4.